The third-order valence-corrected chi connectivity index (χ3v) is 6.15. The maximum Gasteiger partial charge on any atom is 0.265 e. The van der Waals surface area contributed by atoms with Gasteiger partial charge in [0.2, 0.25) is 0 Å². The first-order chi connectivity index (χ1) is 12.5. The SMILES string of the molecule is Cc1nc(C)c(C(=O)N2CCC3(CC2)CNC(=O)c2ccccc2O3)s1. The number of thiazole rings is 1. The first-order valence-electron chi connectivity index (χ1n) is 8.77. The van der Waals surface area contributed by atoms with Crippen molar-refractivity contribution < 1.29 is 14.3 Å². The van der Waals surface area contributed by atoms with Crippen molar-refractivity contribution in [1.82, 2.24) is 15.2 Å². The zero-order valence-electron chi connectivity index (χ0n) is 14.9. The molecule has 1 spiro atoms. The Morgan fingerprint density at radius 1 is 1.27 bits per heavy atom. The molecule has 1 aromatic heterocycles. The number of ether oxygens (including phenoxy) is 1. The van der Waals surface area contributed by atoms with E-state index in [0.717, 1.165) is 15.6 Å². The minimum Gasteiger partial charge on any atom is -0.484 e. The van der Waals surface area contributed by atoms with Crippen molar-refractivity contribution in [2.75, 3.05) is 19.6 Å². The monoisotopic (exact) mass is 371 g/mol. The van der Waals surface area contributed by atoms with Crippen LogP contribution in [0.3, 0.4) is 0 Å². The van der Waals surface area contributed by atoms with Crippen molar-refractivity contribution in [3.63, 3.8) is 0 Å². The fraction of sp³-hybridized carbons (Fsp3) is 0.421. The topological polar surface area (TPSA) is 71.5 Å². The molecule has 2 amide bonds. The van der Waals surface area contributed by atoms with Crippen LogP contribution in [0.5, 0.6) is 5.75 Å². The Morgan fingerprint density at radius 2 is 2.00 bits per heavy atom. The van der Waals surface area contributed by atoms with Crippen molar-refractivity contribution in [2.45, 2.75) is 32.3 Å². The van der Waals surface area contributed by atoms with Crippen LogP contribution in [0.25, 0.3) is 0 Å². The molecule has 3 heterocycles. The molecule has 1 N–H and O–H groups in total. The van der Waals surface area contributed by atoms with Crippen LogP contribution in [0.4, 0.5) is 0 Å². The van der Waals surface area contributed by atoms with Crippen molar-refractivity contribution in [2.24, 2.45) is 0 Å². The van der Waals surface area contributed by atoms with Crippen molar-refractivity contribution >= 4 is 23.2 Å². The predicted molar refractivity (Wildman–Crippen MR) is 98.9 cm³/mol. The molecule has 1 saturated heterocycles. The fourth-order valence-electron chi connectivity index (χ4n) is 3.62. The molecule has 0 unspecified atom stereocenters. The summed E-state index contributed by atoms with van der Waals surface area (Å²) in [5.41, 5.74) is 0.904. The quantitative estimate of drug-likeness (QED) is 0.836. The Kier molecular flexibility index (Phi) is 4.19. The molecular formula is C19H21N3O3S. The number of aryl methyl sites for hydroxylation is 2. The summed E-state index contributed by atoms with van der Waals surface area (Å²) in [5, 5.41) is 3.88. The zero-order valence-corrected chi connectivity index (χ0v) is 15.7. The number of nitrogens with one attached hydrogen (secondary N) is 1. The Bertz CT molecular complexity index is 869. The molecule has 0 atom stereocenters. The lowest BCUT2D eigenvalue weighted by Gasteiger charge is -2.41. The summed E-state index contributed by atoms with van der Waals surface area (Å²) < 4.78 is 6.29. The lowest BCUT2D eigenvalue weighted by molar-refractivity contribution is 0.00785. The van der Waals surface area contributed by atoms with Gasteiger partial charge in [0.1, 0.15) is 16.2 Å². The third kappa shape index (κ3) is 2.96. The molecule has 4 rings (SSSR count). The van der Waals surface area contributed by atoms with E-state index in [4.69, 9.17) is 4.74 Å². The lowest BCUT2D eigenvalue weighted by Crippen LogP contribution is -2.54. The van der Waals surface area contributed by atoms with Gasteiger partial charge in [-0.3, -0.25) is 9.59 Å². The molecule has 136 valence electrons. The van der Waals surface area contributed by atoms with E-state index in [2.05, 4.69) is 10.3 Å². The third-order valence-electron chi connectivity index (χ3n) is 5.09. The number of nitrogens with zero attached hydrogens (tertiary/aromatic N) is 2. The van der Waals surface area contributed by atoms with Crippen LogP contribution in [-0.4, -0.2) is 46.9 Å². The van der Waals surface area contributed by atoms with Crippen LogP contribution >= 0.6 is 11.3 Å². The fourth-order valence-corrected chi connectivity index (χ4v) is 4.51. The van der Waals surface area contributed by atoms with Gasteiger partial charge in [0, 0.05) is 25.9 Å². The number of hydrogen-bond donors (Lipinski definition) is 1. The predicted octanol–water partition coefficient (Wildman–Crippen LogP) is 2.56. The maximum absolute atomic E-state index is 12.8. The molecule has 2 aromatic rings. The van der Waals surface area contributed by atoms with Crippen LogP contribution in [0.15, 0.2) is 24.3 Å². The summed E-state index contributed by atoms with van der Waals surface area (Å²) in [6.07, 6.45) is 1.37. The summed E-state index contributed by atoms with van der Waals surface area (Å²) in [7, 11) is 0. The highest BCUT2D eigenvalue weighted by Gasteiger charge is 2.41. The highest BCUT2D eigenvalue weighted by atomic mass is 32.1. The van der Waals surface area contributed by atoms with E-state index in [1.165, 1.54) is 11.3 Å². The Hall–Kier alpha value is -2.41. The van der Waals surface area contributed by atoms with E-state index in [9.17, 15) is 9.59 Å². The number of carbonyl (C=O) groups is 2. The number of hydrogen-bond acceptors (Lipinski definition) is 5. The van der Waals surface area contributed by atoms with Gasteiger partial charge in [0.15, 0.2) is 0 Å². The van der Waals surface area contributed by atoms with Crippen molar-refractivity contribution in [3.8, 4) is 5.75 Å². The van der Waals surface area contributed by atoms with Crippen LogP contribution in [-0.2, 0) is 0 Å². The lowest BCUT2D eigenvalue weighted by atomic mass is 9.90. The normalized spacial score (nSPS) is 18.7. The Labute approximate surface area is 156 Å². The van der Waals surface area contributed by atoms with Gasteiger partial charge in [-0.05, 0) is 26.0 Å². The smallest absolute Gasteiger partial charge is 0.265 e. The Balaban J connectivity index is 1.50. The van der Waals surface area contributed by atoms with Crippen LogP contribution in [0, 0.1) is 13.8 Å². The molecule has 6 nitrogen and oxygen atoms in total. The van der Waals surface area contributed by atoms with Crippen LogP contribution in [0.1, 0.15) is 43.6 Å². The minimum absolute atomic E-state index is 0.0426. The van der Waals surface area contributed by atoms with Gasteiger partial charge in [-0.15, -0.1) is 11.3 Å². The number of piperidine rings is 1. The molecule has 2 aliphatic heterocycles. The second-order valence-electron chi connectivity index (χ2n) is 6.90. The van der Waals surface area contributed by atoms with Gasteiger partial charge in [0.25, 0.3) is 11.8 Å². The number of amides is 2. The highest BCUT2D eigenvalue weighted by Crippen LogP contribution is 2.33. The molecule has 1 aromatic carbocycles. The van der Waals surface area contributed by atoms with E-state index < -0.39 is 5.60 Å². The van der Waals surface area contributed by atoms with E-state index in [-0.39, 0.29) is 11.8 Å². The second-order valence-corrected chi connectivity index (χ2v) is 8.11. The molecule has 0 aliphatic carbocycles. The van der Waals surface area contributed by atoms with E-state index in [0.29, 0.717) is 43.8 Å². The van der Waals surface area contributed by atoms with Gasteiger partial charge in [-0.25, -0.2) is 4.98 Å². The molecule has 26 heavy (non-hydrogen) atoms. The molecule has 0 bridgehead atoms. The summed E-state index contributed by atoms with van der Waals surface area (Å²) >= 11 is 1.45. The van der Waals surface area contributed by atoms with E-state index in [1.807, 2.05) is 36.9 Å². The van der Waals surface area contributed by atoms with Crippen LogP contribution in [0.2, 0.25) is 0 Å². The summed E-state index contributed by atoms with van der Waals surface area (Å²) in [6, 6.07) is 7.32. The zero-order chi connectivity index (χ0) is 18.3. The number of fused-ring (bicyclic) bond motifs is 1. The number of aromatic nitrogens is 1. The first kappa shape index (κ1) is 17.0. The van der Waals surface area contributed by atoms with Gasteiger partial charge in [0.05, 0.1) is 22.8 Å². The number of carbonyl (C=O) groups excluding carboxylic acids is 2. The van der Waals surface area contributed by atoms with Gasteiger partial charge in [-0.1, -0.05) is 12.1 Å². The second kappa shape index (κ2) is 6.39. The first-order valence-corrected chi connectivity index (χ1v) is 9.59. The van der Waals surface area contributed by atoms with E-state index in [1.54, 1.807) is 6.07 Å². The summed E-state index contributed by atoms with van der Waals surface area (Å²) in [6.45, 7) is 5.46. The molecular weight excluding hydrogens is 350 g/mol. The largest absolute Gasteiger partial charge is 0.484 e. The van der Waals surface area contributed by atoms with Crippen LogP contribution < -0.4 is 10.1 Å². The van der Waals surface area contributed by atoms with Crippen molar-refractivity contribution in [3.05, 3.63) is 45.4 Å². The number of rotatable bonds is 1. The molecule has 1 fully saturated rings. The molecule has 2 aliphatic rings. The summed E-state index contributed by atoms with van der Waals surface area (Å²) in [5.74, 6) is 0.559. The maximum atomic E-state index is 12.8. The standard InChI is InChI=1S/C19H21N3O3S/c1-12-16(26-13(2)21-12)18(24)22-9-7-19(8-10-22)11-20-17(23)14-5-3-4-6-15(14)25-19/h3-6H,7-11H2,1-2H3,(H,20,23). The van der Waals surface area contributed by atoms with Gasteiger partial charge in [-0.2, -0.15) is 0 Å². The van der Waals surface area contributed by atoms with E-state index >= 15 is 0 Å². The van der Waals surface area contributed by atoms with Gasteiger partial charge < -0.3 is 15.0 Å². The molecule has 0 radical (unpaired) electrons. The number of likely N-dealkylation sites (tertiary alicyclic amines) is 1. The average molecular weight is 371 g/mol. The highest BCUT2D eigenvalue weighted by molar-refractivity contribution is 7.13. The number of para-hydroxylation sites is 1. The van der Waals surface area contributed by atoms with Gasteiger partial charge >= 0.3 is 0 Å². The average Bonchev–Trinajstić information content (AvgIpc) is 2.91. The molecule has 0 saturated carbocycles. The Morgan fingerprint density at radius 3 is 2.69 bits per heavy atom. The number of benzene rings is 1. The minimum atomic E-state index is -0.461. The van der Waals surface area contributed by atoms with Crippen molar-refractivity contribution in [1.29, 1.82) is 0 Å². The molecule has 7 heteroatoms. The summed E-state index contributed by atoms with van der Waals surface area (Å²) in [4.78, 5) is 32.0.